The normalized spacial score (nSPS) is 22.6. The number of primary amides is 1. The largest absolute Gasteiger partial charge is 0.508 e. The molecule has 102 heavy (non-hydrogen) atoms. The number of thioether (sulfide) groups is 1. The number of aromatic hydroxyl groups is 1. The molecule has 0 unspecified atom stereocenters. The summed E-state index contributed by atoms with van der Waals surface area (Å²) >= 11 is 1.84. The number of carbonyl (C=O) groups is 10. The van der Waals surface area contributed by atoms with Crippen LogP contribution in [0.25, 0.3) is 10.9 Å². The van der Waals surface area contributed by atoms with Crippen molar-refractivity contribution in [2.24, 2.45) is 45.7 Å². The Morgan fingerprint density at radius 3 is 1.94 bits per heavy atom. The molecule has 37 heteroatoms. The average Bonchev–Trinajstić information content (AvgIpc) is 1.65. The van der Waals surface area contributed by atoms with Crippen molar-refractivity contribution >= 4 is 93.8 Å². The monoisotopic (exact) mass is 1440 g/mol. The Bertz CT molecular complexity index is 3530. The number of phenols is 1. The minimum absolute atomic E-state index is 0.00925. The van der Waals surface area contributed by atoms with Crippen LogP contribution in [0.5, 0.6) is 5.75 Å². The third-order valence-electron chi connectivity index (χ3n) is 17.1. The van der Waals surface area contributed by atoms with E-state index in [1.807, 2.05) is 34.5 Å². The van der Waals surface area contributed by atoms with Crippen LogP contribution in [0.15, 0.2) is 70.9 Å². The number of nitrogens with one attached hydrogen (secondary N) is 10. The van der Waals surface area contributed by atoms with Crippen LogP contribution >= 0.6 is 11.8 Å². The lowest BCUT2D eigenvalue weighted by Crippen LogP contribution is -2.61. The highest BCUT2D eigenvalue weighted by molar-refractivity contribution is 8.00. The summed E-state index contributed by atoms with van der Waals surface area (Å²) in [5.74, 6) is -7.00. The van der Waals surface area contributed by atoms with Crippen LogP contribution in [0.2, 0.25) is 0 Å². The number of hydrogen-bond donors (Lipinski definition) is 17. The van der Waals surface area contributed by atoms with Crippen LogP contribution < -0.4 is 81.8 Å². The van der Waals surface area contributed by atoms with Gasteiger partial charge in [-0.2, -0.15) is 11.8 Å². The number of urea groups is 1. The number of ether oxygens (including phenoxy) is 3. The van der Waals surface area contributed by atoms with E-state index in [9.17, 15) is 58.2 Å². The van der Waals surface area contributed by atoms with Crippen molar-refractivity contribution in [3.63, 3.8) is 0 Å². The SMILES string of the molecule is Cn1cc(C[C@H]2NC(=O)[C@@H](CO)NC(=O)[C@@H](Cc3ccc(O)cc3)NC(=O)[C@@H](CCCN=C(N)N)NC(=O)[C@@H](NC(=O)COCCOCCOCCNC(=O)CCCC[C@H]3SC[C@H]4NC(=O)N[C@H]43)Cc3cn(nn3)CCCC[C@@H](C(N)=O)NC(=O)[C@@H](CCCN=C(N)N)NC2=O)c2ccccc21. The summed E-state index contributed by atoms with van der Waals surface area (Å²) in [4.78, 5) is 146. The number of guanidine groups is 2. The van der Waals surface area contributed by atoms with Gasteiger partial charge in [0.1, 0.15) is 54.6 Å². The number of aromatic nitrogens is 4. The van der Waals surface area contributed by atoms with Crippen LogP contribution in [-0.2, 0) is 90.2 Å². The number of aliphatic imine (C=N–C) groups is 2. The number of carbonyl (C=O) groups excluding carboxylic acids is 10. The predicted octanol–water partition coefficient (Wildman–Crippen LogP) is -4.44. The number of hydrogen-bond acceptors (Lipinski definition) is 20. The number of phenolic OH excluding ortho intramolecular Hbond substituents is 1. The van der Waals surface area contributed by atoms with E-state index in [4.69, 9.17) is 42.9 Å². The lowest BCUT2D eigenvalue weighted by molar-refractivity contribution is -0.136. The van der Waals surface area contributed by atoms with E-state index < -0.39 is 103 Å². The first-order valence-corrected chi connectivity index (χ1v) is 35.1. The third-order valence-corrected chi connectivity index (χ3v) is 18.6. The topological polar surface area (TPSA) is 550 Å². The lowest BCUT2D eigenvalue weighted by atomic mass is 10.0. The van der Waals surface area contributed by atoms with Gasteiger partial charge in [0.25, 0.3) is 0 Å². The van der Waals surface area contributed by atoms with Crippen molar-refractivity contribution in [2.45, 2.75) is 156 Å². The van der Waals surface area contributed by atoms with Crippen molar-refractivity contribution in [3.05, 3.63) is 77.7 Å². The standard InChI is InChI=1S/C65H97N21O15S/c1-85-33-39(42-10-2-3-14-51(42)85)31-47-60(95)76-44(12-8-21-72-63(67)68)57(92)75-43(56(66)91)11-6-7-24-86-34-40(83-84-86)32-48(74-54(90)36-101-29-28-100-27-26-99-25-23-71-53(89)16-5-4-15-52-55-50(37-102-52)81-65(98)82-55)61(96)77-45(13-9-22-73-64(69)70)58(93)78-46(30-38-17-19-41(88)20-18-38)59(94)80-49(35-87)62(97)79-47/h2-3,10,14,17-20,33-34,43-50,52,55,87-88H,4-9,11-13,15-16,21-32,35-37H2,1H3,(H2,66,91)(H,71,89)(H,74,90)(H,75,92)(H,76,95)(H,77,96)(H,78,93)(H,79,97)(H,80,94)(H4,67,68,72)(H4,69,70,73)(H2,81,82,98)/t43-,44+,45+,46+,47+,48-,49+,50+,52+,55+/m0/s1. The fourth-order valence-corrected chi connectivity index (χ4v) is 13.3. The summed E-state index contributed by atoms with van der Waals surface area (Å²) in [5, 5.41) is 57.9. The number of aryl methyl sites for hydroxylation is 2. The third kappa shape index (κ3) is 26.3. The predicted molar refractivity (Wildman–Crippen MR) is 375 cm³/mol. The molecule has 36 nitrogen and oxygen atoms in total. The van der Waals surface area contributed by atoms with Crippen molar-refractivity contribution in [3.8, 4) is 5.75 Å². The molecule has 3 aliphatic heterocycles. The van der Waals surface area contributed by atoms with E-state index in [1.165, 1.54) is 35.1 Å². The quantitative estimate of drug-likeness (QED) is 0.00978. The summed E-state index contributed by atoms with van der Waals surface area (Å²) in [6.45, 7) is -0.358. The molecular weight excluding hydrogens is 1350 g/mol. The highest BCUT2D eigenvalue weighted by atomic mass is 32.2. The number of aliphatic hydroxyl groups excluding tert-OH is 1. The van der Waals surface area contributed by atoms with Gasteiger partial charge in [0.05, 0.1) is 57.4 Å². The second-order valence-electron chi connectivity index (χ2n) is 25.0. The number of nitrogens with zero attached hydrogens (tertiary/aromatic N) is 6. The van der Waals surface area contributed by atoms with Crippen molar-refractivity contribution < 1.29 is 72.4 Å². The fraction of sp³-hybridized carbons (Fsp3) is 0.569. The summed E-state index contributed by atoms with van der Waals surface area (Å²) in [6.07, 6.45) is 6.11. The second-order valence-corrected chi connectivity index (χ2v) is 26.3. The van der Waals surface area contributed by atoms with Crippen LogP contribution in [-0.4, -0.2) is 232 Å². The molecule has 7 rings (SSSR count). The molecule has 22 N–H and O–H groups in total. The fourth-order valence-electron chi connectivity index (χ4n) is 11.8. The zero-order valence-corrected chi connectivity index (χ0v) is 57.9. The number of benzene rings is 2. The molecule has 10 atom stereocenters. The number of unbranched alkanes of at least 4 members (excludes halogenated alkanes) is 1. The Balaban J connectivity index is 1.05. The van der Waals surface area contributed by atoms with E-state index >= 15 is 0 Å². The molecule has 2 aromatic carbocycles. The van der Waals surface area contributed by atoms with E-state index in [1.54, 1.807) is 19.3 Å². The molecule has 3 aliphatic rings. The van der Waals surface area contributed by atoms with E-state index in [0.717, 1.165) is 35.9 Å². The molecule has 2 aromatic heterocycles. The minimum Gasteiger partial charge on any atom is -0.508 e. The molecule has 558 valence electrons. The minimum atomic E-state index is -1.80. The van der Waals surface area contributed by atoms with Gasteiger partial charge < -0.3 is 111 Å². The molecule has 5 heterocycles. The van der Waals surface area contributed by atoms with Crippen LogP contribution in [0.1, 0.15) is 87.4 Å². The maximum Gasteiger partial charge on any atom is 0.315 e. The summed E-state index contributed by atoms with van der Waals surface area (Å²) in [7, 11) is 1.79. The van der Waals surface area contributed by atoms with Crippen LogP contribution in [0, 0.1) is 0 Å². The Hall–Kier alpha value is -9.85. The highest BCUT2D eigenvalue weighted by Gasteiger charge is 2.43. The van der Waals surface area contributed by atoms with Gasteiger partial charge >= 0.3 is 6.03 Å². The Kier molecular flexibility index (Phi) is 32.1. The molecule has 11 amide bonds. The van der Waals surface area contributed by atoms with Gasteiger partial charge in [-0.15, -0.1) is 5.10 Å². The first-order valence-electron chi connectivity index (χ1n) is 34.0. The van der Waals surface area contributed by atoms with Gasteiger partial charge in [0.15, 0.2) is 11.9 Å². The summed E-state index contributed by atoms with van der Waals surface area (Å²) < 4.78 is 20.1. The number of aliphatic hydroxyl groups is 1. The molecular formula is C65H97N21O15S. The van der Waals surface area contributed by atoms with Crippen molar-refractivity contribution in [1.29, 1.82) is 0 Å². The zero-order valence-electron chi connectivity index (χ0n) is 57.1. The average molecular weight is 1440 g/mol. The highest BCUT2D eigenvalue weighted by Crippen LogP contribution is 2.33. The van der Waals surface area contributed by atoms with Crippen LogP contribution in [0.4, 0.5) is 4.79 Å². The Morgan fingerprint density at radius 2 is 1.26 bits per heavy atom. The van der Waals surface area contributed by atoms with E-state index in [0.29, 0.717) is 42.2 Å². The molecule has 2 bridgehead atoms. The van der Waals surface area contributed by atoms with E-state index in [-0.39, 0.29) is 151 Å². The molecule has 0 radical (unpaired) electrons. The zero-order chi connectivity index (χ0) is 73.5. The van der Waals surface area contributed by atoms with Gasteiger partial charge in [-0.1, -0.05) is 42.0 Å². The maximum absolute atomic E-state index is 14.8. The van der Waals surface area contributed by atoms with Gasteiger partial charge in [-0.05, 0) is 87.1 Å². The first-order chi connectivity index (χ1) is 49.0. The molecule has 2 saturated heterocycles. The summed E-state index contributed by atoms with van der Waals surface area (Å²) in [5.41, 5.74) is 30.2. The van der Waals surface area contributed by atoms with Gasteiger partial charge in [0, 0.05) is 93.2 Å². The molecule has 0 aliphatic carbocycles. The molecule has 0 spiro atoms. The maximum atomic E-state index is 14.8. The van der Waals surface area contributed by atoms with Crippen molar-refractivity contribution in [1.82, 2.24) is 72.7 Å². The number of nitrogens with two attached hydrogens (primary N) is 5. The summed E-state index contributed by atoms with van der Waals surface area (Å²) in [6, 6.07) is 2.64. The number of amides is 11. The van der Waals surface area contributed by atoms with Gasteiger partial charge in [0.2, 0.25) is 53.2 Å². The van der Waals surface area contributed by atoms with Crippen LogP contribution in [0.3, 0.4) is 0 Å². The lowest BCUT2D eigenvalue weighted by Gasteiger charge is -2.27. The Morgan fingerprint density at radius 1 is 0.657 bits per heavy atom. The molecule has 2 fully saturated rings. The van der Waals surface area contributed by atoms with Crippen molar-refractivity contribution in [2.75, 3.05) is 71.6 Å². The van der Waals surface area contributed by atoms with E-state index in [2.05, 4.69) is 73.5 Å². The smallest absolute Gasteiger partial charge is 0.315 e. The number of para-hydroxylation sites is 1. The number of fused-ring (bicyclic) bond motifs is 4. The van der Waals surface area contributed by atoms with Gasteiger partial charge in [-0.25, -0.2) is 4.79 Å². The van der Waals surface area contributed by atoms with Gasteiger partial charge in [-0.3, -0.25) is 57.8 Å². The number of rotatable bonds is 31. The molecule has 0 saturated carbocycles. The first kappa shape index (κ1) is 79.5. The second kappa shape index (κ2) is 41.2. The molecule has 4 aromatic rings. The Labute approximate surface area is 593 Å².